The lowest BCUT2D eigenvalue weighted by molar-refractivity contribution is -0.122. The van der Waals surface area contributed by atoms with E-state index < -0.39 is 0 Å². The molecule has 27 heavy (non-hydrogen) atoms. The molecule has 0 aromatic heterocycles. The van der Waals surface area contributed by atoms with E-state index in [1.54, 1.807) is 31.3 Å². The lowest BCUT2D eigenvalue weighted by Crippen LogP contribution is -2.28. The van der Waals surface area contributed by atoms with Crippen LogP contribution in [0.5, 0.6) is 11.5 Å². The number of carbonyl (C=O) groups is 1. The standard InChI is InChI=1S/C20H19ClN2O3S/c1-4-23-19(24)18(12-13-5-10-16(25-2)17(11-13)26-3)27-20(23)22-15-8-6-14(21)7-9-15/h5-12H,4H2,1-3H3/b18-12+,22-20?. The lowest BCUT2D eigenvalue weighted by Gasteiger charge is -2.12. The molecule has 2 aromatic carbocycles. The maximum absolute atomic E-state index is 12.8. The van der Waals surface area contributed by atoms with Gasteiger partial charge in [0.15, 0.2) is 16.7 Å². The van der Waals surface area contributed by atoms with Gasteiger partial charge in [0.1, 0.15) is 0 Å². The molecule has 0 aliphatic carbocycles. The third kappa shape index (κ3) is 4.28. The molecule has 1 amide bonds. The van der Waals surface area contributed by atoms with E-state index in [9.17, 15) is 4.79 Å². The van der Waals surface area contributed by atoms with Crippen LogP contribution < -0.4 is 9.47 Å². The predicted octanol–water partition coefficient (Wildman–Crippen LogP) is 4.98. The van der Waals surface area contributed by atoms with Crippen molar-refractivity contribution in [3.8, 4) is 11.5 Å². The van der Waals surface area contributed by atoms with Gasteiger partial charge >= 0.3 is 0 Å². The maximum Gasteiger partial charge on any atom is 0.266 e. The number of carbonyl (C=O) groups excluding carboxylic acids is 1. The minimum atomic E-state index is -0.0648. The average Bonchev–Trinajstić information content (AvgIpc) is 2.97. The lowest BCUT2D eigenvalue weighted by atomic mass is 10.2. The molecule has 1 aliphatic rings. The molecule has 7 heteroatoms. The summed E-state index contributed by atoms with van der Waals surface area (Å²) in [4.78, 5) is 19.6. The van der Waals surface area contributed by atoms with E-state index in [0.717, 1.165) is 11.3 Å². The highest BCUT2D eigenvalue weighted by Gasteiger charge is 2.32. The van der Waals surface area contributed by atoms with Crippen molar-refractivity contribution in [2.24, 2.45) is 4.99 Å². The topological polar surface area (TPSA) is 51.1 Å². The maximum atomic E-state index is 12.8. The second-order valence-electron chi connectivity index (χ2n) is 5.65. The molecule has 3 rings (SSSR count). The Kier molecular flexibility index (Phi) is 6.08. The number of ether oxygens (including phenoxy) is 2. The van der Waals surface area contributed by atoms with Gasteiger partial charge in [-0.15, -0.1) is 0 Å². The molecule has 0 saturated carbocycles. The Morgan fingerprint density at radius 3 is 2.44 bits per heavy atom. The fraction of sp³-hybridized carbons (Fsp3) is 0.200. The molecule has 0 spiro atoms. The van der Waals surface area contributed by atoms with Crippen molar-refractivity contribution in [1.82, 2.24) is 4.90 Å². The Morgan fingerprint density at radius 1 is 1.11 bits per heavy atom. The summed E-state index contributed by atoms with van der Waals surface area (Å²) in [5.74, 6) is 1.19. The molecule has 1 fully saturated rings. The van der Waals surface area contributed by atoms with E-state index >= 15 is 0 Å². The van der Waals surface area contributed by atoms with Gasteiger partial charge in [0.05, 0.1) is 24.8 Å². The zero-order valence-corrected chi connectivity index (χ0v) is 16.8. The molecule has 2 aromatic rings. The zero-order valence-electron chi connectivity index (χ0n) is 15.2. The quantitative estimate of drug-likeness (QED) is 0.662. The van der Waals surface area contributed by atoms with Gasteiger partial charge < -0.3 is 9.47 Å². The van der Waals surface area contributed by atoms with Gasteiger partial charge in [0, 0.05) is 11.6 Å². The minimum Gasteiger partial charge on any atom is -0.493 e. The van der Waals surface area contributed by atoms with Crippen LogP contribution in [-0.2, 0) is 4.79 Å². The summed E-state index contributed by atoms with van der Waals surface area (Å²) in [5, 5.41) is 1.30. The Bertz CT molecular complexity index is 910. The van der Waals surface area contributed by atoms with Crippen molar-refractivity contribution >= 4 is 46.2 Å². The number of benzene rings is 2. The van der Waals surface area contributed by atoms with Gasteiger partial charge in [0.2, 0.25) is 0 Å². The van der Waals surface area contributed by atoms with Crippen LogP contribution in [0.1, 0.15) is 12.5 Å². The molecule has 140 valence electrons. The number of methoxy groups -OCH3 is 2. The van der Waals surface area contributed by atoms with E-state index in [1.165, 1.54) is 11.8 Å². The van der Waals surface area contributed by atoms with Crippen molar-refractivity contribution in [3.05, 3.63) is 58.0 Å². The number of amides is 1. The number of thioether (sulfide) groups is 1. The van der Waals surface area contributed by atoms with E-state index in [1.807, 2.05) is 43.3 Å². The van der Waals surface area contributed by atoms with Gasteiger partial charge in [-0.2, -0.15) is 0 Å². The smallest absolute Gasteiger partial charge is 0.266 e. The molecule has 5 nitrogen and oxygen atoms in total. The highest BCUT2D eigenvalue weighted by molar-refractivity contribution is 8.18. The molecular weight excluding hydrogens is 384 g/mol. The number of rotatable bonds is 5. The van der Waals surface area contributed by atoms with Gasteiger partial charge in [0.25, 0.3) is 5.91 Å². The molecular formula is C20H19ClN2O3S. The Morgan fingerprint density at radius 2 is 1.81 bits per heavy atom. The van der Waals surface area contributed by atoms with Crippen LogP contribution in [0.25, 0.3) is 6.08 Å². The number of aliphatic imine (C=N–C) groups is 1. The summed E-state index contributed by atoms with van der Waals surface area (Å²) in [7, 11) is 3.17. The van der Waals surface area contributed by atoms with Crippen LogP contribution in [0.3, 0.4) is 0 Å². The summed E-state index contributed by atoms with van der Waals surface area (Å²) >= 11 is 7.27. The number of hydrogen-bond acceptors (Lipinski definition) is 5. The van der Waals surface area contributed by atoms with Gasteiger partial charge in [-0.25, -0.2) is 4.99 Å². The molecule has 1 aliphatic heterocycles. The average molecular weight is 403 g/mol. The fourth-order valence-corrected chi connectivity index (χ4v) is 3.78. The van der Waals surface area contributed by atoms with Crippen molar-refractivity contribution in [1.29, 1.82) is 0 Å². The van der Waals surface area contributed by atoms with Crippen LogP contribution in [0.4, 0.5) is 5.69 Å². The van der Waals surface area contributed by atoms with Gasteiger partial charge in [-0.3, -0.25) is 9.69 Å². The van der Waals surface area contributed by atoms with Crippen LogP contribution in [0, 0.1) is 0 Å². The summed E-state index contributed by atoms with van der Waals surface area (Å²) < 4.78 is 10.6. The van der Waals surface area contributed by atoms with Crippen LogP contribution in [-0.4, -0.2) is 36.7 Å². The third-order valence-corrected chi connectivity index (χ3v) is 5.22. The Balaban J connectivity index is 1.92. The van der Waals surface area contributed by atoms with Crippen LogP contribution >= 0.6 is 23.4 Å². The summed E-state index contributed by atoms with van der Waals surface area (Å²) in [6, 6.07) is 12.7. The number of halogens is 1. The second kappa shape index (κ2) is 8.50. The normalized spacial score (nSPS) is 17.0. The van der Waals surface area contributed by atoms with E-state index in [4.69, 9.17) is 21.1 Å². The molecule has 0 radical (unpaired) electrons. The fourth-order valence-electron chi connectivity index (χ4n) is 2.59. The van der Waals surface area contributed by atoms with Gasteiger partial charge in [-0.05, 0) is 66.7 Å². The largest absolute Gasteiger partial charge is 0.493 e. The first kappa shape index (κ1) is 19.3. The number of likely N-dealkylation sites (N-methyl/N-ethyl adjacent to an activating group) is 1. The number of nitrogens with zero attached hydrogens (tertiary/aromatic N) is 2. The first-order chi connectivity index (χ1) is 13.0. The monoisotopic (exact) mass is 402 g/mol. The summed E-state index contributed by atoms with van der Waals surface area (Å²) in [6.45, 7) is 2.47. The second-order valence-corrected chi connectivity index (χ2v) is 7.09. The SMILES string of the molecule is CCN1C(=O)/C(=C\c2ccc(OC)c(OC)c2)SC1=Nc1ccc(Cl)cc1. The van der Waals surface area contributed by atoms with Crippen molar-refractivity contribution < 1.29 is 14.3 Å². The zero-order chi connectivity index (χ0) is 19.4. The van der Waals surface area contributed by atoms with E-state index in [2.05, 4.69) is 4.99 Å². The number of amidine groups is 1. The first-order valence-corrected chi connectivity index (χ1v) is 9.53. The van der Waals surface area contributed by atoms with Gasteiger partial charge in [-0.1, -0.05) is 17.7 Å². The number of hydrogen-bond donors (Lipinski definition) is 0. The molecule has 0 N–H and O–H groups in total. The summed E-state index contributed by atoms with van der Waals surface area (Å²) in [5.41, 5.74) is 1.60. The van der Waals surface area contributed by atoms with E-state index in [-0.39, 0.29) is 5.91 Å². The molecule has 0 unspecified atom stereocenters. The van der Waals surface area contributed by atoms with Crippen molar-refractivity contribution in [2.75, 3.05) is 20.8 Å². The summed E-state index contributed by atoms with van der Waals surface area (Å²) in [6.07, 6.45) is 1.84. The predicted molar refractivity (Wildman–Crippen MR) is 111 cm³/mol. The Hall–Kier alpha value is -2.44. The molecule has 0 bridgehead atoms. The minimum absolute atomic E-state index is 0.0648. The van der Waals surface area contributed by atoms with E-state index in [0.29, 0.717) is 33.1 Å². The third-order valence-electron chi connectivity index (χ3n) is 3.96. The highest BCUT2D eigenvalue weighted by atomic mass is 35.5. The Labute approximate surface area is 167 Å². The molecule has 0 atom stereocenters. The molecule has 1 saturated heterocycles. The van der Waals surface area contributed by atoms with Crippen molar-refractivity contribution in [3.63, 3.8) is 0 Å². The highest BCUT2D eigenvalue weighted by Crippen LogP contribution is 2.35. The van der Waals surface area contributed by atoms with Crippen LogP contribution in [0.2, 0.25) is 5.02 Å². The van der Waals surface area contributed by atoms with Crippen LogP contribution in [0.15, 0.2) is 52.4 Å². The van der Waals surface area contributed by atoms with Crippen molar-refractivity contribution in [2.45, 2.75) is 6.92 Å². The molecule has 1 heterocycles. The first-order valence-electron chi connectivity index (χ1n) is 8.33.